The van der Waals surface area contributed by atoms with Crippen LogP contribution in [0.3, 0.4) is 0 Å². The molecule has 1 fully saturated rings. The normalized spacial score (nSPS) is 20.0. The third kappa shape index (κ3) is 7.74. The fourth-order valence-corrected chi connectivity index (χ4v) is 17.2. The van der Waals surface area contributed by atoms with Gasteiger partial charge in [-0.2, -0.15) is 0 Å². The average Bonchev–Trinajstić information content (AvgIpc) is 1.83. The molecular weight excluding hydrogens is 1020 g/mol. The van der Waals surface area contributed by atoms with Gasteiger partial charge >= 0.3 is 0 Å². The summed E-state index contributed by atoms with van der Waals surface area (Å²) in [7, 11) is 0. The molecule has 3 aliphatic heterocycles. The van der Waals surface area contributed by atoms with E-state index in [4.69, 9.17) is 0 Å². The molecule has 4 heterocycles. The first-order valence-corrected chi connectivity index (χ1v) is 31.7. The van der Waals surface area contributed by atoms with Gasteiger partial charge in [-0.05, 0) is 176 Å². The predicted molar refractivity (Wildman–Crippen MR) is 360 cm³/mol. The van der Waals surface area contributed by atoms with Crippen LogP contribution in [0.25, 0.3) is 42.4 Å². The SMILES string of the molecule is CC(C)(C)c1ccc(N(c2ccc3c(c2)N(c2cc4c(cc2-c2ccccc2)C(C)(C)CCC4(C)C)c2cc(-c4ccccc4)cc4c2B3c2cc(C(C)(C)C)cc3c2N4C2(C)CCCCC32C)c2cccc3c2sc2ccccc23)cc1. The van der Waals surface area contributed by atoms with Gasteiger partial charge in [0.05, 0.1) is 21.6 Å². The molecule has 0 radical (unpaired) electrons. The van der Waals surface area contributed by atoms with Crippen molar-refractivity contribution in [3.05, 3.63) is 210 Å². The molecular formula is C78H78BN3S. The van der Waals surface area contributed by atoms with Crippen LogP contribution in [-0.4, -0.2) is 12.3 Å². The van der Waals surface area contributed by atoms with Crippen molar-refractivity contribution in [2.75, 3.05) is 14.7 Å². The molecule has 9 aromatic carbocycles. The van der Waals surface area contributed by atoms with Crippen LogP contribution >= 0.6 is 11.3 Å². The number of hydrogen-bond donors (Lipinski definition) is 0. The van der Waals surface area contributed by atoms with Crippen molar-refractivity contribution < 1.29 is 0 Å². The van der Waals surface area contributed by atoms with E-state index in [1.165, 1.54) is 134 Å². The summed E-state index contributed by atoms with van der Waals surface area (Å²) in [6.45, 7) is 29.4. The molecule has 0 saturated heterocycles. The Balaban J connectivity index is 1.10. The van der Waals surface area contributed by atoms with Gasteiger partial charge in [-0.15, -0.1) is 11.3 Å². The summed E-state index contributed by atoms with van der Waals surface area (Å²) in [6, 6.07) is 71.4. The van der Waals surface area contributed by atoms with Crippen LogP contribution in [0.15, 0.2) is 182 Å². The lowest BCUT2D eigenvalue weighted by Gasteiger charge is -2.53. The zero-order chi connectivity index (χ0) is 57.3. The van der Waals surface area contributed by atoms with Gasteiger partial charge in [0.1, 0.15) is 0 Å². The maximum Gasteiger partial charge on any atom is 0.252 e. The maximum absolute atomic E-state index is 2.92. The Morgan fingerprint density at radius 2 is 1.10 bits per heavy atom. The van der Waals surface area contributed by atoms with Gasteiger partial charge < -0.3 is 14.7 Å². The molecule has 1 aromatic heterocycles. The lowest BCUT2D eigenvalue weighted by atomic mass is 9.33. The topological polar surface area (TPSA) is 9.72 Å². The highest BCUT2D eigenvalue weighted by atomic mass is 32.1. The number of fused-ring (bicyclic) bond motifs is 11. The first kappa shape index (κ1) is 52.5. The molecule has 5 heteroatoms. The van der Waals surface area contributed by atoms with Crippen LogP contribution in [0.2, 0.25) is 0 Å². The number of anilines is 8. The molecule has 2 aliphatic carbocycles. The van der Waals surface area contributed by atoms with Crippen molar-refractivity contribution in [2.24, 2.45) is 0 Å². The van der Waals surface area contributed by atoms with Crippen molar-refractivity contribution in [1.82, 2.24) is 0 Å². The molecule has 1 saturated carbocycles. The fourth-order valence-electron chi connectivity index (χ4n) is 16.0. The first-order chi connectivity index (χ1) is 39.6. The fraction of sp³-hybridized carbons (Fsp3) is 0.308. The Kier molecular flexibility index (Phi) is 11.4. The molecule has 0 spiro atoms. The van der Waals surface area contributed by atoms with Crippen molar-refractivity contribution in [1.29, 1.82) is 0 Å². The Bertz CT molecular complexity index is 4290. The quantitative estimate of drug-likeness (QED) is 0.154. The molecule has 10 aromatic rings. The molecule has 414 valence electrons. The van der Waals surface area contributed by atoms with E-state index in [1.54, 1.807) is 5.56 Å². The number of hydrogen-bond acceptors (Lipinski definition) is 4. The summed E-state index contributed by atoms with van der Waals surface area (Å²) in [5.41, 5.74) is 26.3. The summed E-state index contributed by atoms with van der Waals surface area (Å²) in [4.78, 5) is 8.28. The lowest BCUT2D eigenvalue weighted by molar-refractivity contribution is 0.195. The second kappa shape index (κ2) is 18.1. The average molecular weight is 1100 g/mol. The summed E-state index contributed by atoms with van der Waals surface area (Å²) in [5, 5.41) is 2.60. The lowest BCUT2D eigenvalue weighted by Crippen LogP contribution is -2.64. The van der Waals surface area contributed by atoms with E-state index in [0.717, 1.165) is 30.6 Å². The monoisotopic (exact) mass is 1100 g/mol. The Morgan fingerprint density at radius 1 is 0.470 bits per heavy atom. The largest absolute Gasteiger partial charge is 0.335 e. The number of nitrogens with zero attached hydrogens (tertiary/aromatic N) is 3. The van der Waals surface area contributed by atoms with Crippen LogP contribution in [0.5, 0.6) is 0 Å². The molecule has 0 bridgehead atoms. The molecule has 15 rings (SSSR count). The molecule has 5 aliphatic rings. The zero-order valence-corrected chi connectivity index (χ0v) is 51.7. The maximum atomic E-state index is 2.92. The van der Waals surface area contributed by atoms with Crippen LogP contribution in [-0.2, 0) is 27.1 Å². The van der Waals surface area contributed by atoms with Gasteiger partial charge in [0, 0.05) is 60.6 Å². The third-order valence-electron chi connectivity index (χ3n) is 21.2. The third-order valence-corrected chi connectivity index (χ3v) is 22.4. The molecule has 0 amide bonds. The summed E-state index contributed by atoms with van der Waals surface area (Å²) in [5.74, 6) is 0. The second-order valence-electron chi connectivity index (χ2n) is 29.1. The van der Waals surface area contributed by atoms with Gasteiger partial charge in [0.2, 0.25) is 0 Å². The van der Waals surface area contributed by atoms with Crippen molar-refractivity contribution in [2.45, 2.75) is 154 Å². The van der Waals surface area contributed by atoms with E-state index in [0.29, 0.717) is 0 Å². The number of thiophene rings is 1. The zero-order valence-electron chi connectivity index (χ0n) is 50.9. The van der Waals surface area contributed by atoms with E-state index in [2.05, 4.69) is 280 Å². The minimum atomic E-state index is -0.130. The van der Waals surface area contributed by atoms with Gasteiger partial charge in [-0.25, -0.2) is 0 Å². The highest BCUT2D eigenvalue weighted by Gasteiger charge is 2.62. The Morgan fingerprint density at radius 3 is 1.81 bits per heavy atom. The van der Waals surface area contributed by atoms with Crippen LogP contribution in [0.4, 0.5) is 45.5 Å². The highest BCUT2D eigenvalue weighted by molar-refractivity contribution is 7.26. The van der Waals surface area contributed by atoms with E-state index in [9.17, 15) is 0 Å². The minimum absolute atomic E-state index is 0.00774. The second-order valence-corrected chi connectivity index (χ2v) is 30.2. The van der Waals surface area contributed by atoms with Gasteiger partial charge in [0.15, 0.2) is 0 Å². The number of rotatable bonds is 6. The first-order valence-electron chi connectivity index (χ1n) is 30.9. The van der Waals surface area contributed by atoms with E-state index in [-0.39, 0.29) is 39.3 Å². The van der Waals surface area contributed by atoms with Gasteiger partial charge in [0.25, 0.3) is 6.71 Å². The standard InChI is InChI=1S/C78H78BN3S/c1-73(2,3)52-32-34-54(35-33-52)80(64-30-23-29-57-56-28-19-20-31-69(56)83-72(57)64)55-36-37-62-66(46-55)81(65-48-60-59(75(7,8)40-41-76(60,9)10)47-58(65)50-26-17-14-18-27-50)67-42-51(49-24-15-13-16-25-49)43-68-70(67)79(62)63-45-53(74(4,5)6)44-61-71(63)82(68)78(12)39-22-21-38-77(61,78)11/h13-20,23-37,42-48H,21-22,38-41H2,1-12H3. The molecule has 2 unspecified atom stereocenters. The summed E-state index contributed by atoms with van der Waals surface area (Å²) < 4.78 is 2.60. The minimum Gasteiger partial charge on any atom is -0.335 e. The van der Waals surface area contributed by atoms with Crippen LogP contribution in [0.1, 0.15) is 149 Å². The predicted octanol–water partition coefficient (Wildman–Crippen LogP) is 20.2. The van der Waals surface area contributed by atoms with Gasteiger partial charge in [-0.3, -0.25) is 0 Å². The smallest absolute Gasteiger partial charge is 0.252 e. The molecule has 3 nitrogen and oxygen atoms in total. The molecule has 83 heavy (non-hydrogen) atoms. The van der Waals surface area contributed by atoms with E-state index >= 15 is 0 Å². The van der Waals surface area contributed by atoms with Crippen molar-refractivity contribution in [3.63, 3.8) is 0 Å². The van der Waals surface area contributed by atoms with E-state index < -0.39 is 0 Å². The summed E-state index contributed by atoms with van der Waals surface area (Å²) >= 11 is 1.91. The molecule has 0 N–H and O–H groups in total. The molecule has 2 atom stereocenters. The Hall–Kier alpha value is -7.34. The highest BCUT2D eigenvalue weighted by Crippen LogP contribution is 2.63. The van der Waals surface area contributed by atoms with Crippen molar-refractivity contribution >= 4 is 100 Å². The van der Waals surface area contributed by atoms with Crippen LogP contribution in [0, 0.1) is 0 Å². The van der Waals surface area contributed by atoms with Gasteiger partial charge in [-0.1, -0.05) is 210 Å². The summed E-state index contributed by atoms with van der Waals surface area (Å²) in [6.07, 6.45) is 7.08. The van der Waals surface area contributed by atoms with Crippen LogP contribution < -0.4 is 31.1 Å². The Labute approximate surface area is 498 Å². The number of benzene rings is 9. The van der Waals surface area contributed by atoms with Crippen molar-refractivity contribution in [3.8, 4) is 22.3 Å². The van der Waals surface area contributed by atoms with E-state index in [1.807, 2.05) is 11.3 Å².